The lowest BCUT2D eigenvalue weighted by Gasteiger charge is -2.09. The molecule has 2 N–H and O–H groups in total. The molecule has 0 radical (unpaired) electrons. The molecule has 0 aliphatic rings. The highest BCUT2D eigenvalue weighted by Crippen LogP contribution is 2.24. The number of carbonyl (C=O) groups is 1. The Labute approximate surface area is 110 Å². The van der Waals surface area contributed by atoms with E-state index in [1.54, 1.807) is 14.0 Å². The Morgan fingerprint density at radius 3 is 2.79 bits per heavy atom. The second-order valence-corrected chi connectivity index (χ2v) is 4.04. The molecule has 2 rings (SSSR count). The lowest BCUT2D eigenvalue weighted by atomic mass is 10.2. The van der Waals surface area contributed by atoms with Gasteiger partial charge in [-0.15, -0.1) is 0 Å². The number of nitrogens with one attached hydrogen (secondary N) is 1. The zero-order valence-electron chi connectivity index (χ0n) is 10.8. The molecule has 0 saturated carbocycles. The average Bonchev–Trinajstić information content (AvgIpc) is 2.78. The van der Waals surface area contributed by atoms with Crippen molar-refractivity contribution in [2.24, 2.45) is 0 Å². The number of ether oxygens (including phenoxy) is 1. The van der Waals surface area contributed by atoms with Gasteiger partial charge in [0.05, 0.1) is 19.3 Å². The van der Waals surface area contributed by atoms with Gasteiger partial charge in [-0.3, -0.25) is 0 Å². The van der Waals surface area contributed by atoms with E-state index in [9.17, 15) is 4.79 Å². The van der Waals surface area contributed by atoms with E-state index in [1.807, 2.05) is 24.3 Å². The van der Waals surface area contributed by atoms with E-state index in [4.69, 9.17) is 14.3 Å². The summed E-state index contributed by atoms with van der Waals surface area (Å²) >= 11 is 0. The maximum Gasteiger partial charge on any atom is 0.339 e. The van der Waals surface area contributed by atoms with Crippen LogP contribution >= 0.6 is 0 Å². The molecule has 0 spiro atoms. The standard InChI is InChI=1S/C14H15NO4/c1-9-11(14(16)17)7-10(19-9)8-15-12-5-3-4-6-13(12)18-2/h3-7,15H,8H2,1-2H3,(H,16,17). The van der Waals surface area contributed by atoms with Crippen LogP contribution in [-0.2, 0) is 6.54 Å². The van der Waals surface area contributed by atoms with Crippen LogP contribution < -0.4 is 10.1 Å². The van der Waals surface area contributed by atoms with Gasteiger partial charge in [0.25, 0.3) is 0 Å². The molecule has 0 saturated heterocycles. The van der Waals surface area contributed by atoms with Crippen molar-refractivity contribution in [3.05, 3.63) is 47.4 Å². The lowest BCUT2D eigenvalue weighted by Crippen LogP contribution is -2.00. The summed E-state index contributed by atoms with van der Waals surface area (Å²) in [5.74, 6) is 0.721. The summed E-state index contributed by atoms with van der Waals surface area (Å²) in [6.07, 6.45) is 0. The minimum atomic E-state index is -0.982. The summed E-state index contributed by atoms with van der Waals surface area (Å²) in [5.41, 5.74) is 1.02. The van der Waals surface area contributed by atoms with Gasteiger partial charge in [-0.05, 0) is 25.1 Å². The number of hydrogen-bond acceptors (Lipinski definition) is 4. The maximum atomic E-state index is 10.9. The number of anilines is 1. The first-order chi connectivity index (χ1) is 9.11. The number of aryl methyl sites for hydroxylation is 1. The van der Waals surface area contributed by atoms with Crippen LogP contribution in [-0.4, -0.2) is 18.2 Å². The van der Waals surface area contributed by atoms with Crippen LogP contribution in [0.3, 0.4) is 0 Å². The Kier molecular flexibility index (Phi) is 3.75. The van der Waals surface area contributed by atoms with Gasteiger partial charge >= 0.3 is 5.97 Å². The third-order valence-corrected chi connectivity index (χ3v) is 2.76. The first-order valence-corrected chi connectivity index (χ1v) is 5.81. The number of para-hydroxylation sites is 2. The molecule has 2 aromatic rings. The SMILES string of the molecule is COc1ccccc1NCc1cc(C(=O)O)c(C)o1. The maximum absolute atomic E-state index is 10.9. The van der Waals surface area contributed by atoms with Gasteiger partial charge in [-0.1, -0.05) is 12.1 Å². The van der Waals surface area contributed by atoms with Crippen molar-refractivity contribution in [3.63, 3.8) is 0 Å². The summed E-state index contributed by atoms with van der Waals surface area (Å²) in [7, 11) is 1.60. The molecule has 5 nitrogen and oxygen atoms in total. The molecule has 1 aromatic heterocycles. The highest BCUT2D eigenvalue weighted by molar-refractivity contribution is 5.88. The number of benzene rings is 1. The second kappa shape index (κ2) is 5.48. The number of rotatable bonds is 5. The molecule has 0 aliphatic heterocycles. The fourth-order valence-electron chi connectivity index (χ4n) is 1.82. The van der Waals surface area contributed by atoms with Crippen molar-refractivity contribution in [1.82, 2.24) is 0 Å². The van der Waals surface area contributed by atoms with Crippen molar-refractivity contribution in [2.45, 2.75) is 13.5 Å². The molecule has 100 valence electrons. The zero-order valence-corrected chi connectivity index (χ0v) is 10.8. The van der Waals surface area contributed by atoms with Crippen molar-refractivity contribution in [1.29, 1.82) is 0 Å². The van der Waals surface area contributed by atoms with Gasteiger partial charge in [0, 0.05) is 0 Å². The topological polar surface area (TPSA) is 71.7 Å². The smallest absolute Gasteiger partial charge is 0.339 e. The van der Waals surface area contributed by atoms with Gasteiger partial charge in [0.1, 0.15) is 22.8 Å². The Hall–Kier alpha value is -2.43. The number of furan rings is 1. The van der Waals surface area contributed by atoms with E-state index < -0.39 is 5.97 Å². The van der Waals surface area contributed by atoms with Crippen molar-refractivity contribution >= 4 is 11.7 Å². The molecule has 0 bridgehead atoms. The van der Waals surface area contributed by atoms with Crippen LogP contribution in [0.15, 0.2) is 34.7 Å². The molecule has 0 atom stereocenters. The predicted molar refractivity (Wildman–Crippen MR) is 70.7 cm³/mol. The summed E-state index contributed by atoms with van der Waals surface area (Å²) in [6.45, 7) is 2.03. The van der Waals surface area contributed by atoms with E-state index in [-0.39, 0.29) is 5.56 Å². The molecule has 1 aromatic carbocycles. The van der Waals surface area contributed by atoms with Gasteiger partial charge in [0.2, 0.25) is 0 Å². The zero-order chi connectivity index (χ0) is 13.8. The molecule has 0 unspecified atom stereocenters. The highest BCUT2D eigenvalue weighted by Gasteiger charge is 2.13. The number of hydrogen-bond donors (Lipinski definition) is 2. The quantitative estimate of drug-likeness (QED) is 0.865. The highest BCUT2D eigenvalue weighted by atomic mass is 16.5. The van der Waals surface area contributed by atoms with Gasteiger partial charge in [0.15, 0.2) is 0 Å². The summed E-state index contributed by atoms with van der Waals surface area (Å²) in [4.78, 5) is 10.9. The summed E-state index contributed by atoms with van der Waals surface area (Å²) in [5, 5.41) is 12.1. The monoisotopic (exact) mass is 261 g/mol. The Morgan fingerprint density at radius 1 is 1.42 bits per heavy atom. The van der Waals surface area contributed by atoms with Gasteiger partial charge < -0.3 is 19.6 Å². The fraction of sp³-hybridized carbons (Fsp3) is 0.214. The average molecular weight is 261 g/mol. The third-order valence-electron chi connectivity index (χ3n) is 2.76. The Bertz CT molecular complexity index is 589. The summed E-state index contributed by atoms with van der Waals surface area (Å²) < 4.78 is 10.6. The lowest BCUT2D eigenvalue weighted by molar-refractivity contribution is 0.0695. The van der Waals surface area contributed by atoms with Crippen LogP contribution in [0.4, 0.5) is 5.69 Å². The molecular weight excluding hydrogens is 246 g/mol. The number of methoxy groups -OCH3 is 1. The van der Waals surface area contributed by atoms with E-state index in [0.717, 1.165) is 11.4 Å². The van der Waals surface area contributed by atoms with Crippen LogP contribution in [0.25, 0.3) is 0 Å². The van der Waals surface area contributed by atoms with E-state index in [1.165, 1.54) is 6.07 Å². The first-order valence-electron chi connectivity index (χ1n) is 5.81. The van der Waals surface area contributed by atoms with Crippen LogP contribution in [0.2, 0.25) is 0 Å². The van der Waals surface area contributed by atoms with E-state index >= 15 is 0 Å². The van der Waals surface area contributed by atoms with E-state index in [2.05, 4.69) is 5.32 Å². The van der Waals surface area contributed by atoms with Crippen molar-refractivity contribution in [3.8, 4) is 5.75 Å². The number of aromatic carboxylic acids is 1. The van der Waals surface area contributed by atoms with Crippen LogP contribution in [0, 0.1) is 6.92 Å². The minimum Gasteiger partial charge on any atom is -0.495 e. The molecule has 0 amide bonds. The normalized spacial score (nSPS) is 10.2. The molecule has 19 heavy (non-hydrogen) atoms. The number of carboxylic acids is 1. The molecule has 0 fully saturated rings. The van der Waals surface area contributed by atoms with Crippen LogP contribution in [0.1, 0.15) is 21.9 Å². The largest absolute Gasteiger partial charge is 0.495 e. The second-order valence-electron chi connectivity index (χ2n) is 4.04. The van der Waals surface area contributed by atoms with Gasteiger partial charge in [-0.25, -0.2) is 4.79 Å². The Balaban J connectivity index is 2.10. The molecular formula is C14H15NO4. The Morgan fingerprint density at radius 2 is 2.16 bits per heavy atom. The molecule has 5 heteroatoms. The predicted octanol–water partition coefficient (Wildman–Crippen LogP) is 2.91. The van der Waals surface area contributed by atoms with Crippen molar-refractivity contribution in [2.75, 3.05) is 12.4 Å². The molecule has 0 aliphatic carbocycles. The fourth-order valence-corrected chi connectivity index (χ4v) is 1.82. The first kappa shape index (κ1) is 13.0. The minimum absolute atomic E-state index is 0.192. The van der Waals surface area contributed by atoms with Crippen molar-refractivity contribution < 1.29 is 19.1 Å². The van der Waals surface area contributed by atoms with Crippen LogP contribution in [0.5, 0.6) is 5.75 Å². The summed E-state index contributed by atoms with van der Waals surface area (Å²) in [6, 6.07) is 9.02. The molecule has 1 heterocycles. The van der Waals surface area contributed by atoms with Gasteiger partial charge in [-0.2, -0.15) is 0 Å². The van der Waals surface area contributed by atoms with E-state index in [0.29, 0.717) is 18.1 Å². The number of carboxylic acid groups (broad SMARTS) is 1. The third kappa shape index (κ3) is 2.88.